The molecule has 0 bridgehead atoms. The van der Waals surface area contributed by atoms with Crippen molar-refractivity contribution in [1.29, 1.82) is 0 Å². The van der Waals surface area contributed by atoms with Gasteiger partial charge in [0.05, 0.1) is 0 Å². The van der Waals surface area contributed by atoms with E-state index in [9.17, 15) is 14.1 Å². The lowest BCUT2D eigenvalue weighted by molar-refractivity contribution is -0.176. The summed E-state index contributed by atoms with van der Waals surface area (Å²) in [6.07, 6.45) is 3.95. The molecule has 2 N–H and O–H groups in total. The number of ketones is 1. The van der Waals surface area contributed by atoms with Gasteiger partial charge in [0.15, 0.2) is 0 Å². The zero-order chi connectivity index (χ0) is 14.1. The molecule has 0 unspecified atom stereocenters. The average Bonchev–Trinajstić information content (AvgIpc) is 2.48. The molecule has 19 heavy (non-hydrogen) atoms. The third kappa shape index (κ3) is 5.58. The summed E-state index contributed by atoms with van der Waals surface area (Å²) in [7, 11) is 0. The molecule has 1 aromatic carbocycles. The summed E-state index contributed by atoms with van der Waals surface area (Å²) < 4.78 is 11.3. The van der Waals surface area contributed by atoms with Crippen LogP contribution in [0.4, 0.5) is 4.53 Å². The molecule has 0 amide bonds. The molecule has 1 fully saturated rings. The van der Waals surface area contributed by atoms with Gasteiger partial charge >= 0.3 is 5.97 Å². The molecule has 0 aromatic heterocycles. The van der Waals surface area contributed by atoms with Crippen LogP contribution in [0.25, 0.3) is 0 Å². The van der Waals surface area contributed by atoms with Crippen molar-refractivity contribution in [1.82, 2.24) is 5.01 Å². The summed E-state index contributed by atoms with van der Waals surface area (Å²) in [4.78, 5) is 24.0. The highest BCUT2D eigenvalue weighted by Crippen LogP contribution is 2.03. The van der Waals surface area contributed by atoms with Gasteiger partial charge in [-0.3, -0.25) is 10.6 Å². The largest absolute Gasteiger partial charge is 0.419 e. The van der Waals surface area contributed by atoms with E-state index >= 15 is 0 Å². The maximum absolute atomic E-state index is 11.3. The minimum Gasteiger partial charge on any atom is -0.281 e. The third-order valence-corrected chi connectivity index (χ3v) is 2.68. The number of Topliss-reactive ketones (excluding diaryl/α,β-unsaturated/α-hetero) is 1. The van der Waals surface area contributed by atoms with E-state index in [2.05, 4.69) is 4.94 Å². The van der Waals surface area contributed by atoms with E-state index < -0.39 is 11.8 Å². The van der Waals surface area contributed by atoms with E-state index in [1.54, 1.807) is 18.2 Å². The van der Waals surface area contributed by atoms with Crippen molar-refractivity contribution in [2.75, 3.05) is 13.1 Å². The van der Waals surface area contributed by atoms with Crippen LogP contribution >= 0.6 is 0 Å². The summed E-state index contributed by atoms with van der Waals surface area (Å²) >= 11 is 0. The second-order valence-electron chi connectivity index (χ2n) is 4.16. The maximum Gasteiger partial charge on any atom is 0.419 e. The summed E-state index contributed by atoms with van der Waals surface area (Å²) in [5, 5.41) is 1.89. The van der Waals surface area contributed by atoms with E-state index in [0.29, 0.717) is 0 Å². The van der Waals surface area contributed by atoms with Gasteiger partial charge in [-0.05, 0) is 12.8 Å². The Morgan fingerprint density at radius 3 is 2.11 bits per heavy atom. The fraction of sp³-hybridized carbons (Fsp3) is 0.385. The fourth-order valence-electron chi connectivity index (χ4n) is 1.66. The Hall–Kier alpha value is -1.79. The molecule has 1 saturated heterocycles. The van der Waals surface area contributed by atoms with Crippen LogP contribution in [0, 0.1) is 0 Å². The SMILES string of the molecule is NN1CCCCC1.O=C(OF)C(=O)c1ccccc1. The molecule has 1 heterocycles. The number of carbonyl (C=O) groups is 2. The van der Waals surface area contributed by atoms with Crippen molar-refractivity contribution in [3.63, 3.8) is 0 Å². The van der Waals surface area contributed by atoms with Crippen LogP contribution in [-0.2, 0) is 9.74 Å². The van der Waals surface area contributed by atoms with Crippen molar-refractivity contribution in [2.45, 2.75) is 19.3 Å². The van der Waals surface area contributed by atoms with E-state index in [1.165, 1.54) is 31.4 Å². The minimum absolute atomic E-state index is 0.111. The number of carbonyl (C=O) groups excluding carboxylic acids is 2. The molecular formula is C13H17FN2O3. The molecule has 0 aliphatic carbocycles. The van der Waals surface area contributed by atoms with Crippen molar-refractivity contribution in [2.24, 2.45) is 5.84 Å². The molecule has 104 valence electrons. The number of piperidine rings is 1. The van der Waals surface area contributed by atoms with Crippen LogP contribution in [0.3, 0.4) is 0 Å². The van der Waals surface area contributed by atoms with Gasteiger partial charge in [0.25, 0.3) is 5.78 Å². The molecule has 0 radical (unpaired) electrons. The molecular weight excluding hydrogens is 251 g/mol. The fourth-order valence-corrected chi connectivity index (χ4v) is 1.66. The van der Waals surface area contributed by atoms with Crippen LogP contribution in [0.5, 0.6) is 0 Å². The number of hydrazine groups is 1. The Kier molecular flexibility index (Phi) is 6.70. The van der Waals surface area contributed by atoms with Crippen LogP contribution in [0.2, 0.25) is 0 Å². The van der Waals surface area contributed by atoms with E-state index in [0.717, 1.165) is 13.1 Å². The Labute approximate surface area is 111 Å². The normalized spacial score (nSPS) is 15.1. The first-order chi connectivity index (χ1) is 9.15. The summed E-state index contributed by atoms with van der Waals surface area (Å²) in [5.41, 5.74) is 0.111. The maximum atomic E-state index is 11.3. The van der Waals surface area contributed by atoms with Crippen molar-refractivity contribution < 1.29 is 19.1 Å². The predicted molar refractivity (Wildman–Crippen MR) is 67.6 cm³/mol. The molecule has 5 nitrogen and oxygen atoms in total. The van der Waals surface area contributed by atoms with Crippen LogP contribution in [0.1, 0.15) is 29.6 Å². The highest BCUT2D eigenvalue weighted by atomic mass is 19.3. The molecule has 6 heteroatoms. The Bertz CT molecular complexity index is 406. The van der Waals surface area contributed by atoms with Gasteiger partial charge in [0.1, 0.15) is 0 Å². The first-order valence-electron chi connectivity index (χ1n) is 6.07. The smallest absolute Gasteiger partial charge is 0.281 e. The average molecular weight is 268 g/mol. The number of hydrogen-bond acceptors (Lipinski definition) is 5. The standard InChI is InChI=1S/C8H5FO3.C5H12N2/c9-12-8(11)7(10)6-4-2-1-3-5-6;6-7-4-2-1-3-5-7/h1-5H;1-6H2. The minimum atomic E-state index is -1.50. The molecule has 2 rings (SSSR count). The molecule has 1 aromatic rings. The van der Waals surface area contributed by atoms with Gasteiger partial charge in [-0.2, -0.15) is 0 Å². The topological polar surface area (TPSA) is 72.6 Å². The van der Waals surface area contributed by atoms with Gasteiger partial charge in [0.2, 0.25) is 0 Å². The van der Waals surface area contributed by atoms with Gasteiger partial charge in [-0.15, -0.1) is 0 Å². The zero-order valence-electron chi connectivity index (χ0n) is 10.5. The van der Waals surface area contributed by atoms with Crippen LogP contribution < -0.4 is 5.84 Å². The van der Waals surface area contributed by atoms with Gasteiger partial charge in [0, 0.05) is 23.2 Å². The number of hydrogen-bond donors (Lipinski definition) is 1. The van der Waals surface area contributed by atoms with Gasteiger partial charge in [-0.1, -0.05) is 36.8 Å². The predicted octanol–water partition coefficient (Wildman–Crippen LogP) is 1.64. The van der Waals surface area contributed by atoms with Crippen LogP contribution in [-0.4, -0.2) is 29.9 Å². The van der Waals surface area contributed by atoms with Gasteiger partial charge in [-0.25, -0.2) is 14.7 Å². The van der Waals surface area contributed by atoms with Crippen molar-refractivity contribution in [3.05, 3.63) is 35.9 Å². The number of halogens is 1. The molecule has 1 aliphatic heterocycles. The highest BCUT2D eigenvalue weighted by Gasteiger charge is 2.17. The molecule has 1 aliphatic rings. The first kappa shape index (κ1) is 15.3. The monoisotopic (exact) mass is 268 g/mol. The second kappa shape index (κ2) is 8.34. The lowest BCUT2D eigenvalue weighted by Gasteiger charge is -2.20. The molecule has 0 saturated carbocycles. The number of rotatable bonds is 2. The summed E-state index contributed by atoms with van der Waals surface area (Å²) in [6, 6.07) is 7.62. The zero-order valence-corrected chi connectivity index (χ0v) is 10.5. The lowest BCUT2D eigenvalue weighted by Crippen LogP contribution is -2.35. The number of benzene rings is 1. The molecule has 0 atom stereocenters. The van der Waals surface area contributed by atoms with Crippen molar-refractivity contribution in [3.8, 4) is 0 Å². The Morgan fingerprint density at radius 1 is 1.11 bits per heavy atom. The lowest BCUT2D eigenvalue weighted by atomic mass is 10.1. The Balaban J connectivity index is 0.000000218. The highest BCUT2D eigenvalue weighted by molar-refractivity contribution is 6.40. The third-order valence-electron chi connectivity index (χ3n) is 2.68. The van der Waals surface area contributed by atoms with E-state index in [4.69, 9.17) is 5.84 Å². The quantitative estimate of drug-likeness (QED) is 0.501. The number of nitrogens with two attached hydrogens (primary N) is 1. The molecule has 0 spiro atoms. The van der Waals surface area contributed by atoms with Gasteiger partial charge < -0.3 is 0 Å². The summed E-state index contributed by atoms with van der Waals surface area (Å²) in [5.74, 6) is 2.98. The number of nitrogens with zero attached hydrogens (tertiary/aromatic N) is 1. The summed E-state index contributed by atoms with van der Waals surface area (Å²) in [6.45, 7) is 2.19. The van der Waals surface area contributed by atoms with Crippen molar-refractivity contribution >= 4 is 11.8 Å². The first-order valence-corrected chi connectivity index (χ1v) is 6.07. The Morgan fingerprint density at radius 2 is 1.68 bits per heavy atom. The van der Waals surface area contributed by atoms with E-state index in [-0.39, 0.29) is 5.56 Å². The van der Waals surface area contributed by atoms with E-state index in [1.807, 2.05) is 5.01 Å². The second-order valence-corrected chi connectivity index (χ2v) is 4.16. The van der Waals surface area contributed by atoms with Crippen LogP contribution in [0.15, 0.2) is 30.3 Å².